The third-order valence-corrected chi connectivity index (χ3v) is 5.29. The van der Waals surface area contributed by atoms with E-state index < -0.39 is 12.7 Å². The van der Waals surface area contributed by atoms with E-state index in [4.69, 9.17) is 0 Å². The summed E-state index contributed by atoms with van der Waals surface area (Å²) in [6, 6.07) is 4.67. The van der Waals surface area contributed by atoms with Crippen LogP contribution in [0.2, 0.25) is 0 Å². The van der Waals surface area contributed by atoms with Crippen molar-refractivity contribution in [1.82, 2.24) is 9.97 Å². The van der Waals surface area contributed by atoms with E-state index in [2.05, 4.69) is 25.5 Å². The van der Waals surface area contributed by atoms with Gasteiger partial charge in [0.05, 0.1) is 21.3 Å². The van der Waals surface area contributed by atoms with Gasteiger partial charge in [-0.1, -0.05) is 11.3 Å². The summed E-state index contributed by atoms with van der Waals surface area (Å²) in [6.07, 6.45) is -0.0190. The monoisotopic (exact) mass is 441 g/mol. The molecule has 0 fully saturated rings. The van der Waals surface area contributed by atoms with Gasteiger partial charge in [-0.05, 0) is 36.8 Å². The maximum absolute atomic E-state index is 12.2. The number of phenolic OH excluding ortho intramolecular Hbond substituents is 1. The lowest BCUT2D eigenvalue weighted by Crippen LogP contribution is -2.21. The van der Waals surface area contributed by atoms with Crippen molar-refractivity contribution in [1.29, 1.82) is 0 Å². The number of alkyl halides is 3. The van der Waals surface area contributed by atoms with Crippen LogP contribution in [0.4, 0.5) is 24.0 Å². The van der Waals surface area contributed by atoms with Crippen LogP contribution >= 0.6 is 22.7 Å². The zero-order chi connectivity index (χ0) is 21.0. The molecule has 0 saturated carbocycles. The molecule has 0 aliphatic rings. The standard InChI is InChI=1S/C17H14F3N5O2S2/c1-9-4-10(26)2-3-12(9)25-23-7-14-24-15(27)13(29-14)5-11-6-21-16(28-11)22-8-17(18,19)20/h2-7,26H,8H2,1H3,(H,21,22)(H,24,27)/b13-5-,14-7-,25-23?. The molecule has 152 valence electrons. The van der Waals surface area contributed by atoms with Crippen molar-refractivity contribution in [3.63, 3.8) is 0 Å². The molecule has 3 N–H and O–H groups in total. The van der Waals surface area contributed by atoms with Crippen molar-refractivity contribution in [2.75, 3.05) is 11.9 Å². The number of aryl methyl sites for hydroxylation is 1. The van der Waals surface area contributed by atoms with Gasteiger partial charge in [0.25, 0.3) is 5.56 Å². The smallest absolute Gasteiger partial charge is 0.405 e. The van der Waals surface area contributed by atoms with Crippen LogP contribution in [0.3, 0.4) is 0 Å². The predicted molar refractivity (Wildman–Crippen MR) is 106 cm³/mol. The molecule has 3 rings (SSSR count). The van der Waals surface area contributed by atoms with Crippen LogP contribution in [0, 0.1) is 6.92 Å². The number of thiazole rings is 2. The summed E-state index contributed by atoms with van der Waals surface area (Å²) < 4.78 is 37.5. The molecule has 2 heterocycles. The Balaban J connectivity index is 1.78. The minimum atomic E-state index is -4.33. The predicted octanol–water partition coefficient (Wildman–Crippen LogP) is 3.23. The largest absolute Gasteiger partial charge is 0.508 e. The summed E-state index contributed by atoms with van der Waals surface area (Å²) in [5, 5.41) is 19.7. The van der Waals surface area contributed by atoms with Crippen LogP contribution in [-0.2, 0) is 0 Å². The van der Waals surface area contributed by atoms with Gasteiger partial charge in [-0.25, -0.2) is 4.98 Å². The summed E-state index contributed by atoms with van der Waals surface area (Å²) >= 11 is 2.14. The summed E-state index contributed by atoms with van der Waals surface area (Å²) in [5.74, 6) is 0.132. The molecule has 29 heavy (non-hydrogen) atoms. The second kappa shape index (κ2) is 8.57. The third-order valence-electron chi connectivity index (χ3n) is 3.44. The molecule has 3 aromatic rings. The number of phenols is 1. The van der Waals surface area contributed by atoms with Crippen LogP contribution in [0.5, 0.6) is 5.75 Å². The number of benzene rings is 1. The molecule has 0 saturated heterocycles. The molecule has 12 heteroatoms. The quantitative estimate of drug-likeness (QED) is 0.529. The molecule has 0 bridgehead atoms. The molecule has 0 atom stereocenters. The molecule has 2 aromatic heterocycles. The number of nitrogens with zero attached hydrogens (tertiary/aromatic N) is 3. The average molecular weight is 441 g/mol. The van der Waals surface area contributed by atoms with E-state index in [1.165, 1.54) is 18.5 Å². The van der Waals surface area contributed by atoms with Crippen molar-refractivity contribution in [2.24, 2.45) is 10.2 Å². The first-order chi connectivity index (χ1) is 13.7. The molecule has 0 spiro atoms. The number of H-pyrrole nitrogens is 1. The van der Waals surface area contributed by atoms with E-state index in [0.717, 1.165) is 28.2 Å². The van der Waals surface area contributed by atoms with Crippen LogP contribution in [0.15, 0.2) is 39.4 Å². The normalized spacial score (nSPS) is 13.5. The van der Waals surface area contributed by atoms with Crippen molar-refractivity contribution < 1.29 is 18.3 Å². The van der Waals surface area contributed by atoms with Crippen LogP contribution in [0.1, 0.15) is 10.4 Å². The van der Waals surface area contributed by atoms with Gasteiger partial charge in [0, 0.05) is 6.20 Å². The number of nitrogens with one attached hydrogen (secondary N) is 2. The Bertz CT molecular complexity index is 1210. The number of hydrogen-bond acceptors (Lipinski definition) is 8. The first-order valence-corrected chi connectivity index (χ1v) is 9.71. The lowest BCUT2D eigenvalue weighted by molar-refractivity contribution is -0.115. The van der Waals surface area contributed by atoms with Crippen molar-refractivity contribution >= 4 is 45.8 Å². The number of anilines is 1. The number of aromatic nitrogens is 2. The summed E-state index contributed by atoms with van der Waals surface area (Å²) in [6.45, 7) is 0.602. The number of aromatic hydroxyl groups is 1. The van der Waals surface area contributed by atoms with E-state index >= 15 is 0 Å². The SMILES string of the molecule is Cc1cc(O)ccc1N=N/C=c1/[nH]c(=O)/c(=C/c2cnc(NCC(F)(F)F)s2)s1. The van der Waals surface area contributed by atoms with E-state index in [-0.39, 0.29) is 16.4 Å². The molecule has 0 amide bonds. The summed E-state index contributed by atoms with van der Waals surface area (Å²) in [4.78, 5) is 19.1. The molecular formula is C17H14F3N5O2S2. The van der Waals surface area contributed by atoms with E-state index in [1.54, 1.807) is 25.1 Å². The Morgan fingerprint density at radius 3 is 2.86 bits per heavy atom. The highest BCUT2D eigenvalue weighted by molar-refractivity contribution is 7.16. The third kappa shape index (κ3) is 5.99. The van der Waals surface area contributed by atoms with Gasteiger partial charge in [-0.15, -0.1) is 11.3 Å². The maximum atomic E-state index is 12.2. The number of aromatic amines is 1. The highest BCUT2D eigenvalue weighted by Gasteiger charge is 2.27. The van der Waals surface area contributed by atoms with Gasteiger partial charge >= 0.3 is 6.18 Å². The Morgan fingerprint density at radius 1 is 1.34 bits per heavy atom. The molecule has 0 unspecified atom stereocenters. The Labute approximate surface area is 169 Å². The van der Waals surface area contributed by atoms with Crippen LogP contribution in [0.25, 0.3) is 12.3 Å². The molecule has 0 radical (unpaired) electrons. The Hall–Kier alpha value is -2.99. The number of rotatable bonds is 5. The van der Waals surface area contributed by atoms with E-state index in [0.29, 0.717) is 19.8 Å². The summed E-state index contributed by atoms with van der Waals surface area (Å²) in [5.41, 5.74) is 0.972. The molecular weight excluding hydrogens is 427 g/mol. The van der Waals surface area contributed by atoms with Crippen LogP contribution in [-0.4, -0.2) is 27.8 Å². The van der Waals surface area contributed by atoms with Gasteiger partial charge in [-0.2, -0.15) is 23.4 Å². The highest BCUT2D eigenvalue weighted by Crippen LogP contribution is 2.23. The zero-order valence-electron chi connectivity index (χ0n) is 14.8. The lowest BCUT2D eigenvalue weighted by atomic mass is 10.2. The average Bonchev–Trinajstić information content (AvgIpc) is 3.21. The Morgan fingerprint density at radius 2 is 2.14 bits per heavy atom. The number of halogens is 3. The first kappa shape index (κ1) is 20.7. The Kier molecular flexibility index (Phi) is 6.13. The van der Waals surface area contributed by atoms with Gasteiger partial charge in [-0.3, -0.25) is 4.79 Å². The van der Waals surface area contributed by atoms with Gasteiger partial charge in [0.1, 0.15) is 17.0 Å². The zero-order valence-corrected chi connectivity index (χ0v) is 16.5. The van der Waals surface area contributed by atoms with E-state index in [9.17, 15) is 23.1 Å². The van der Waals surface area contributed by atoms with E-state index in [1.807, 2.05) is 0 Å². The fourth-order valence-electron chi connectivity index (χ4n) is 2.15. The first-order valence-electron chi connectivity index (χ1n) is 8.07. The second-order valence-electron chi connectivity index (χ2n) is 5.78. The minimum Gasteiger partial charge on any atom is -0.508 e. The minimum absolute atomic E-state index is 0.117. The lowest BCUT2D eigenvalue weighted by Gasteiger charge is -2.05. The molecule has 1 aromatic carbocycles. The van der Waals surface area contributed by atoms with Gasteiger partial charge in [0.15, 0.2) is 5.13 Å². The number of hydrogen-bond donors (Lipinski definition) is 3. The topological polar surface area (TPSA) is 103 Å². The van der Waals surface area contributed by atoms with Crippen molar-refractivity contribution in [3.05, 3.63) is 54.4 Å². The second-order valence-corrected chi connectivity index (χ2v) is 7.93. The molecule has 0 aliphatic heterocycles. The fourth-order valence-corrected chi connectivity index (χ4v) is 3.79. The van der Waals surface area contributed by atoms with Crippen molar-refractivity contribution in [3.8, 4) is 5.75 Å². The number of azo groups is 1. The van der Waals surface area contributed by atoms with Gasteiger partial charge < -0.3 is 15.4 Å². The molecule has 7 nitrogen and oxygen atoms in total. The highest BCUT2D eigenvalue weighted by atomic mass is 32.1. The summed E-state index contributed by atoms with van der Waals surface area (Å²) in [7, 11) is 0. The maximum Gasteiger partial charge on any atom is 0.405 e. The molecule has 0 aliphatic carbocycles. The van der Waals surface area contributed by atoms with Crippen molar-refractivity contribution in [2.45, 2.75) is 13.1 Å². The van der Waals surface area contributed by atoms with Crippen LogP contribution < -0.4 is 20.1 Å². The van der Waals surface area contributed by atoms with Gasteiger partial charge in [0.2, 0.25) is 0 Å². The fraction of sp³-hybridized carbons (Fsp3) is 0.176.